The predicted molar refractivity (Wildman–Crippen MR) is 97.0 cm³/mol. The second kappa shape index (κ2) is 7.34. The number of benzene rings is 2. The predicted octanol–water partition coefficient (Wildman–Crippen LogP) is 5.09. The van der Waals surface area contributed by atoms with E-state index < -0.39 is 18.1 Å². The smallest absolute Gasteiger partial charge is 0.478 e. The minimum absolute atomic E-state index is 0.0655. The number of aromatic carboxylic acids is 1. The normalized spacial score (nSPS) is 11.6. The van der Waals surface area contributed by atoms with Crippen molar-refractivity contribution < 1.29 is 27.8 Å². The molecule has 1 aromatic heterocycles. The van der Waals surface area contributed by atoms with Gasteiger partial charge in [-0.2, -0.15) is 0 Å². The molecule has 0 unspecified atom stereocenters. The number of anilines is 2. The van der Waals surface area contributed by atoms with Crippen LogP contribution in [0.25, 0.3) is 10.9 Å². The van der Waals surface area contributed by atoms with Gasteiger partial charge in [-0.15, -0.1) is 13.2 Å². The zero-order valence-corrected chi connectivity index (χ0v) is 14.9. The first-order valence-corrected chi connectivity index (χ1v) is 8.30. The number of carboxylic acid groups (broad SMARTS) is 1. The molecular weight excluding hydrogens is 375 g/mol. The molecule has 0 aliphatic heterocycles. The highest BCUT2D eigenvalue weighted by molar-refractivity contribution is 5.89. The minimum Gasteiger partial charge on any atom is -0.478 e. The fraction of sp³-hybridized carbons (Fsp3) is 0.211. The Morgan fingerprint density at radius 2 is 1.96 bits per heavy atom. The van der Waals surface area contributed by atoms with Gasteiger partial charge in [0.25, 0.3) is 0 Å². The van der Waals surface area contributed by atoms with Crippen LogP contribution in [0, 0.1) is 0 Å². The summed E-state index contributed by atoms with van der Waals surface area (Å²) in [6.45, 7) is 4.01. The number of para-hydroxylation sites is 1. The lowest BCUT2D eigenvalue weighted by Gasteiger charge is -2.15. The van der Waals surface area contributed by atoms with Crippen molar-refractivity contribution in [1.82, 2.24) is 9.97 Å². The lowest BCUT2D eigenvalue weighted by Crippen LogP contribution is -2.18. The van der Waals surface area contributed by atoms with Gasteiger partial charge < -0.3 is 15.2 Å². The monoisotopic (exact) mass is 391 g/mol. The molecule has 0 spiro atoms. The first-order valence-electron chi connectivity index (χ1n) is 8.30. The van der Waals surface area contributed by atoms with Gasteiger partial charge in [-0.05, 0) is 29.7 Å². The average Bonchev–Trinajstić information content (AvgIpc) is 2.61. The van der Waals surface area contributed by atoms with Crippen molar-refractivity contribution in [3.8, 4) is 5.75 Å². The Morgan fingerprint density at radius 1 is 1.21 bits per heavy atom. The number of carbonyl (C=O) groups is 1. The Morgan fingerprint density at radius 3 is 2.61 bits per heavy atom. The standard InChI is InChI=1S/C19H16F3N3O3/c1-10(2)13-5-3-4-12-9-23-18(25-16(12)13)24-14-7-6-11(17(26)27)8-15(14)28-19(20,21)22/h3-10H,1-2H3,(H,26,27)(H,23,24,25). The number of rotatable bonds is 5. The molecule has 0 radical (unpaired) electrons. The van der Waals surface area contributed by atoms with Crippen LogP contribution in [-0.2, 0) is 0 Å². The third-order valence-electron chi connectivity index (χ3n) is 3.96. The van der Waals surface area contributed by atoms with E-state index in [9.17, 15) is 18.0 Å². The molecule has 0 aliphatic carbocycles. The van der Waals surface area contributed by atoms with Crippen molar-refractivity contribution in [2.75, 3.05) is 5.32 Å². The molecule has 3 aromatic rings. The van der Waals surface area contributed by atoms with Crippen LogP contribution in [-0.4, -0.2) is 27.4 Å². The maximum absolute atomic E-state index is 12.7. The Hall–Kier alpha value is -3.36. The van der Waals surface area contributed by atoms with E-state index in [2.05, 4.69) is 20.0 Å². The van der Waals surface area contributed by atoms with Crippen LogP contribution in [0.3, 0.4) is 0 Å². The van der Waals surface area contributed by atoms with E-state index in [0.717, 1.165) is 23.1 Å². The highest BCUT2D eigenvalue weighted by Crippen LogP contribution is 2.33. The van der Waals surface area contributed by atoms with Crippen LogP contribution in [0.2, 0.25) is 0 Å². The summed E-state index contributed by atoms with van der Waals surface area (Å²) < 4.78 is 42.1. The van der Waals surface area contributed by atoms with E-state index in [-0.39, 0.29) is 23.1 Å². The topological polar surface area (TPSA) is 84.3 Å². The van der Waals surface area contributed by atoms with E-state index >= 15 is 0 Å². The van der Waals surface area contributed by atoms with Crippen LogP contribution in [0.1, 0.15) is 35.7 Å². The van der Waals surface area contributed by atoms with E-state index in [1.807, 2.05) is 32.0 Å². The molecule has 9 heteroatoms. The van der Waals surface area contributed by atoms with Gasteiger partial charge in [0.1, 0.15) is 0 Å². The lowest BCUT2D eigenvalue weighted by atomic mass is 10.0. The largest absolute Gasteiger partial charge is 0.573 e. The van der Waals surface area contributed by atoms with Gasteiger partial charge in [0.05, 0.1) is 16.8 Å². The fourth-order valence-corrected chi connectivity index (χ4v) is 2.69. The van der Waals surface area contributed by atoms with Gasteiger partial charge in [0, 0.05) is 11.6 Å². The zero-order valence-electron chi connectivity index (χ0n) is 14.9. The number of hydrogen-bond acceptors (Lipinski definition) is 5. The molecule has 0 fully saturated rings. The fourth-order valence-electron chi connectivity index (χ4n) is 2.69. The number of hydrogen-bond donors (Lipinski definition) is 2. The number of aromatic nitrogens is 2. The number of ether oxygens (including phenoxy) is 1. The van der Waals surface area contributed by atoms with Crippen molar-refractivity contribution >= 4 is 28.5 Å². The summed E-state index contributed by atoms with van der Waals surface area (Å²) in [5.41, 5.74) is 1.20. The Balaban J connectivity index is 2.03. The number of alkyl halides is 3. The molecule has 0 saturated carbocycles. The average molecular weight is 391 g/mol. The quantitative estimate of drug-likeness (QED) is 0.630. The maximum atomic E-state index is 12.7. The Bertz CT molecular complexity index is 1040. The van der Waals surface area contributed by atoms with Crippen LogP contribution in [0.4, 0.5) is 24.8 Å². The molecule has 3 rings (SSSR count). The molecule has 28 heavy (non-hydrogen) atoms. The van der Waals surface area contributed by atoms with Gasteiger partial charge in [-0.3, -0.25) is 0 Å². The summed E-state index contributed by atoms with van der Waals surface area (Å²) in [6, 6.07) is 8.77. The summed E-state index contributed by atoms with van der Waals surface area (Å²) in [5, 5.41) is 12.5. The van der Waals surface area contributed by atoms with Gasteiger partial charge in [0.2, 0.25) is 5.95 Å². The molecule has 6 nitrogen and oxygen atoms in total. The second-order valence-electron chi connectivity index (χ2n) is 6.32. The first-order chi connectivity index (χ1) is 13.1. The summed E-state index contributed by atoms with van der Waals surface area (Å²) in [7, 11) is 0. The number of nitrogens with zero attached hydrogens (tertiary/aromatic N) is 2. The van der Waals surface area contributed by atoms with Crippen molar-refractivity contribution in [3.63, 3.8) is 0 Å². The summed E-state index contributed by atoms with van der Waals surface area (Å²) in [4.78, 5) is 19.6. The van der Waals surface area contributed by atoms with Crippen molar-refractivity contribution in [3.05, 3.63) is 53.7 Å². The third-order valence-corrected chi connectivity index (χ3v) is 3.96. The van der Waals surface area contributed by atoms with Crippen molar-refractivity contribution in [2.24, 2.45) is 0 Å². The van der Waals surface area contributed by atoms with Gasteiger partial charge in [-0.25, -0.2) is 14.8 Å². The van der Waals surface area contributed by atoms with Crippen LogP contribution in [0.15, 0.2) is 42.6 Å². The van der Waals surface area contributed by atoms with E-state index in [1.54, 1.807) is 6.20 Å². The van der Waals surface area contributed by atoms with Crippen molar-refractivity contribution in [1.29, 1.82) is 0 Å². The molecule has 0 saturated heterocycles. The molecular formula is C19H16F3N3O3. The van der Waals surface area contributed by atoms with Crippen LogP contribution in [0.5, 0.6) is 5.75 Å². The van der Waals surface area contributed by atoms with E-state index in [1.165, 1.54) is 6.07 Å². The summed E-state index contributed by atoms with van der Waals surface area (Å²) in [5.74, 6) is -1.81. The molecule has 0 amide bonds. The van der Waals surface area contributed by atoms with Crippen LogP contribution >= 0.6 is 0 Å². The molecule has 0 aliphatic rings. The molecule has 2 N–H and O–H groups in total. The highest BCUT2D eigenvalue weighted by Gasteiger charge is 2.32. The second-order valence-corrected chi connectivity index (χ2v) is 6.32. The number of nitrogens with one attached hydrogen (secondary N) is 1. The maximum Gasteiger partial charge on any atom is 0.573 e. The van der Waals surface area contributed by atoms with Gasteiger partial charge in [-0.1, -0.05) is 32.0 Å². The third kappa shape index (κ3) is 4.30. The van der Waals surface area contributed by atoms with Gasteiger partial charge in [0.15, 0.2) is 5.75 Å². The van der Waals surface area contributed by atoms with Crippen LogP contribution < -0.4 is 10.1 Å². The first kappa shape index (κ1) is 19.4. The van der Waals surface area contributed by atoms with E-state index in [4.69, 9.17) is 5.11 Å². The highest BCUT2D eigenvalue weighted by atomic mass is 19.4. The Kier molecular flexibility index (Phi) is 5.08. The van der Waals surface area contributed by atoms with E-state index in [0.29, 0.717) is 5.52 Å². The molecule has 0 atom stereocenters. The number of carboxylic acids is 1. The SMILES string of the molecule is CC(C)c1cccc2cnc(Nc3ccc(C(=O)O)cc3OC(F)(F)F)nc12. The lowest BCUT2D eigenvalue weighted by molar-refractivity contribution is -0.274. The number of halogens is 3. The molecule has 146 valence electrons. The number of fused-ring (bicyclic) bond motifs is 1. The Labute approximate surface area is 158 Å². The molecule has 0 bridgehead atoms. The van der Waals surface area contributed by atoms with Crippen molar-refractivity contribution in [2.45, 2.75) is 26.1 Å². The summed E-state index contributed by atoms with van der Waals surface area (Å²) in [6.07, 6.45) is -3.42. The minimum atomic E-state index is -4.98. The van der Waals surface area contributed by atoms with Gasteiger partial charge >= 0.3 is 12.3 Å². The summed E-state index contributed by atoms with van der Waals surface area (Å²) >= 11 is 0. The molecule has 1 heterocycles. The zero-order chi connectivity index (χ0) is 20.5. The molecule has 2 aromatic carbocycles.